The number of Topliss-reactive ketones (excluding diaryl/α,β-unsaturated/α-hetero) is 1. The summed E-state index contributed by atoms with van der Waals surface area (Å²) in [5.41, 5.74) is 0.459. The van der Waals surface area contributed by atoms with Crippen LogP contribution in [0.5, 0.6) is 0 Å². The van der Waals surface area contributed by atoms with E-state index < -0.39 is 16.1 Å². The van der Waals surface area contributed by atoms with E-state index in [1.165, 1.54) is 35.5 Å². The fourth-order valence-corrected chi connectivity index (χ4v) is 4.68. The molecule has 1 amide bonds. The third kappa shape index (κ3) is 6.00. The molecule has 1 aliphatic rings. The van der Waals surface area contributed by atoms with Crippen LogP contribution in [0.2, 0.25) is 0 Å². The highest BCUT2D eigenvalue weighted by molar-refractivity contribution is 7.89. The summed E-state index contributed by atoms with van der Waals surface area (Å²) in [4.78, 5) is 24.0. The quantitative estimate of drug-likeness (QED) is 0.494. The molecule has 1 heterocycles. The van der Waals surface area contributed by atoms with E-state index in [0.29, 0.717) is 31.6 Å². The van der Waals surface area contributed by atoms with E-state index in [2.05, 4.69) is 10.6 Å². The average molecular weight is 418 g/mol. The van der Waals surface area contributed by atoms with Crippen LogP contribution in [0.15, 0.2) is 29.2 Å². The van der Waals surface area contributed by atoms with E-state index in [4.69, 9.17) is 0 Å². The van der Waals surface area contributed by atoms with Crippen molar-refractivity contribution in [2.45, 2.75) is 44.0 Å². The van der Waals surface area contributed by atoms with Crippen molar-refractivity contribution in [3.8, 4) is 0 Å². The maximum atomic E-state index is 13.0. The van der Waals surface area contributed by atoms with Gasteiger partial charge in [-0.3, -0.25) is 9.59 Å². The van der Waals surface area contributed by atoms with E-state index >= 15 is 0 Å². The number of nitrogens with one attached hydrogen (secondary N) is 2. The maximum absolute atomic E-state index is 13.0. The number of nitrogens with zero attached hydrogens (tertiary/aromatic N) is 1. The maximum Gasteiger partial charge on any atom is 0.243 e. The number of benzene rings is 1. The van der Waals surface area contributed by atoms with Crippen molar-refractivity contribution in [2.75, 3.05) is 26.2 Å². The minimum Gasteiger partial charge on any atom is -0.353 e. The third-order valence-corrected chi connectivity index (χ3v) is 6.40. The van der Waals surface area contributed by atoms with E-state index in [1.54, 1.807) is 0 Å². The van der Waals surface area contributed by atoms with Crippen molar-refractivity contribution < 1.29 is 18.0 Å². The molecule has 7 nitrogen and oxygen atoms in total. The molecule has 2 rings (SSSR count). The second kappa shape index (κ2) is 10.8. The molecule has 152 valence electrons. The van der Waals surface area contributed by atoms with Crippen molar-refractivity contribution in [3.05, 3.63) is 29.8 Å². The van der Waals surface area contributed by atoms with Gasteiger partial charge >= 0.3 is 0 Å². The Morgan fingerprint density at radius 1 is 1.15 bits per heavy atom. The van der Waals surface area contributed by atoms with Crippen molar-refractivity contribution in [2.24, 2.45) is 0 Å². The monoisotopic (exact) mass is 417 g/mol. The van der Waals surface area contributed by atoms with E-state index in [-0.39, 0.29) is 29.0 Å². The molecule has 1 aromatic carbocycles. The van der Waals surface area contributed by atoms with Crippen LogP contribution in [0.3, 0.4) is 0 Å². The van der Waals surface area contributed by atoms with Gasteiger partial charge in [0.25, 0.3) is 0 Å². The number of carbonyl (C=O) groups excluding carboxylic acids is 2. The zero-order valence-corrected chi connectivity index (χ0v) is 17.4. The summed E-state index contributed by atoms with van der Waals surface area (Å²) >= 11 is 0. The summed E-state index contributed by atoms with van der Waals surface area (Å²) in [6, 6.07) is 5.18. The van der Waals surface area contributed by atoms with Crippen LogP contribution in [0.4, 0.5) is 0 Å². The second-order valence-electron chi connectivity index (χ2n) is 6.35. The van der Waals surface area contributed by atoms with Gasteiger partial charge in [-0.05, 0) is 38.4 Å². The predicted octanol–water partition coefficient (Wildman–Crippen LogP) is 1.58. The van der Waals surface area contributed by atoms with Gasteiger partial charge in [-0.15, -0.1) is 12.4 Å². The number of sulfonamides is 1. The topological polar surface area (TPSA) is 95.6 Å². The highest BCUT2D eigenvalue weighted by Crippen LogP contribution is 2.25. The molecule has 2 N–H and O–H groups in total. The number of rotatable bonds is 8. The molecule has 0 radical (unpaired) electrons. The van der Waals surface area contributed by atoms with Gasteiger partial charge in [0.15, 0.2) is 5.78 Å². The van der Waals surface area contributed by atoms with Gasteiger partial charge in [0, 0.05) is 25.2 Å². The molecule has 1 saturated heterocycles. The lowest BCUT2D eigenvalue weighted by Gasteiger charge is -2.33. The largest absolute Gasteiger partial charge is 0.353 e. The summed E-state index contributed by atoms with van der Waals surface area (Å²) in [6.45, 7) is 5.66. The molecule has 1 fully saturated rings. The second-order valence-corrected chi connectivity index (χ2v) is 8.24. The zero-order chi connectivity index (χ0) is 19.2. The first-order chi connectivity index (χ1) is 12.4. The summed E-state index contributed by atoms with van der Waals surface area (Å²) in [5, 5.41) is 5.93. The highest BCUT2D eigenvalue weighted by atomic mass is 35.5. The standard InChI is InChI=1S/C18H27N3O4S.ClH/c1-3-19-11-12-20-18(23)17-6-4-5-13-21(17)26(24,25)16-9-7-15(8-10-16)14(2)22;/h7-10,17,19H,3-6,11-13H2,1-2H3,(H,20,23);1H. The molecule has 1 unspecified atom stereocenters. The first kappa shape index (κ1) is 23.6. The fraction of sp³-hybridized carbons (Fsp3) is 0.556. The highest BCUT2D eigenvalue weighted by Gasteiger charge is 2.37. The molecule has 1 atom stereocenters. The van der Waals surface area contributed by atoms with Gasteiger partial charge in [0.2, 0.25) is 15.9 Å². The van der Waals surface area contributed by atoms with Crippen molar-refractivity contribution in [1.29, 1.82) is 0 Å². The van der Waals surface area contributed by atoms with Crippen LogP contribution < -0.4 is 10.6 Å². The Balaban J connectivity index is 0.00000364. The number of amides is 1. The molecule has 27 heavy (non-hydrogen) atoms. The van der Waals surface area contributed by atoms with Crippen LogP contribution in [-0.4, -0.2) is 56.6 Å². The first-order valence-corrected chi connectivity index (χ1v) is 10.4. The lowest BCUT2D eigenvalue weighted by Crippen LogP contribution is -2.52. The number of carbonyl (C=O) groups is 2. The van der Waals surface area contributed by atoms with E-state index in [9.17, 15) is 18.0 Å². The molecular formula is C18H28ClN3O4S. The molecular weight excluding hydrogens is 390 g/mol. The van der Waals surface area contributed by atoms with Gasteiger partial charge in [0.1, 0.15) is 6.04 Å². The van der Waals surface area contributed by atoms with Crippen molar-refractivity contribution >= 4 is 34.1 Å². The van der Waals surface area contributed by atoms with Crippen molar-refractivity contribution in [1.82, 2.24) is 14.9 Å². The number of halogens is 1. The SMILES string of the molecule is CCNCCNC(=O)C1CCCCN1S(=O)(=O)c1ccc(C(C)=O)cc1.Cl. The Kier molecular flexibility index (Phi) is 9.38. The summed E-state index contributed by atoms with van der Waals surface area (Å²) in [6.07, 6.45) is 2.06. The van der Waals surface area contributed by atoms with Gasteiger partial charge in [0.05, 0.1) is 4.90 Å². The Morgan fingerprint density at radius 3 is 2.41 bits per heavy atom. The lowest BCUT2D eigenvalue weighted by atomic mass is 10.0. The number of ketones is 1. The summed E-state index contributed by atoms with van der Waals surface area (Å²) in [5.74, 6) is -0.378. The van der Waals surface area contributed by atoms with E-state index in [1.807, 2.05) is 6.92 Å². The summed E-state index contributed by atoms with van der Waals surface area (Å²) < 4.78 is 27.3. The molecule has 1 aromatic rings. The third-order valence-electron chi connectivity index (χ3n) is 4.47. The number of piperidine rings is 1. The van der Waals surface area contributed by atoms with Gasteiger partial charge < -0.3 is 10.6 Å². The normalized spacial score (nSPS) is 17.8. The van der Waals surface area contributed by atoms with Crippen molar-refractivity contribution in [3.63, 3.8) is 0 Å². The van der Waals surface area contributed by atoms with Crippen LogP contribution in [0, 0.1) is 0 Å². The molecule has 0 saturated carbocycles. The Bertz CT molecular complexity index is 737. The van der Waals surface area contributed by atoms with Crippen LogP contribution >= 0.6 is 12.4 Å². The number of likely N-dealkylation sites (N-methyl/N-ethyl adjacent to an activating group) is 1. The minimum atomic E-state index is -3.79. The number of hydrogen-bond acceptors (Lipinski definition) is 5. The molecule has 1 aliphatic heterocycles. The molecule has 0 aromatic heterocycles. The molecule has 9 heteroatoms. The van der Waals surface area contributed by atoms with Gasteiger partial charge in [-0.2, -0.15) is 4.31 Å². The first-order valence-electron chi connectivity index (χ1n) is 8.99. The lowest BCUT2D eigenvalue weighted by molar-refractivity contribution is -0.125. The Morgan fingerprint density at radius 2 is 1.81 bits per heavy atom. The van der Waals surface area contributed by atoms with E-state index in [0.717, 1.165) is 19.4 Å². The minimum absolute atomic E-state index is 0. The Labute approximate surface area is 167 Å². The smallest absolute Gasteiger partial charge is 0.243 e. The van der Waals surface area contributed by atoms with Crippen LogP contribution in [0.1, 0.15) is 43.5 Å². The molecule has 0 aliphatic carbocycles. The summed E-state index contributed by atoms with van der Waals surface area (Å²) in [7, 11) is -3.79. The van der Waals surface area contributed by atoms with Crippen LogP contribution in [-0.2, 0) is 14.8 Å². The predicted molar refractivity (Wildman–Crippen MR) is 107 cm³/mol. The number of hydrogen-bond donors (Lipinski definition) is 2. The van der Waals surface area contributed by atoms with Gasteiger partial charge in [-0.1, -0.05) is 25.5 Å². The van der Waals surface area contributed by atoms with Gasteiger partial charge in [-0.25, -0.2) is 8.42 Å². The van der Waals surface area contributed by atoms with Crippen LogP contribution in [0.25, 0.3) is 0 Å². The molecule has 0 bridgehead atoms. The average Bonchev–Trinajstić information content (AvgIpc) is 2.65. The fourth-order valence-electron chi connectivity index (χ4n) is 3.02. The Hall–Kier alpha value is -1.48. The zero-order valence-electron chi connectivity index (χ0n) is 15.7. The molecule has 0 spiro atoms.